The minimum atomic E-state index is -2.13. The molecule has 0 radical (unpaired) electrons. The van der Waals surface area contributed by atoms with Crippen LogP contribution < -0.4 is 64.6 Å². The van der Waals surface area contributed by atoms with Gasteiger partial charge < -0.3 is 89.8 Å². The van der Waals surface area contributed by atoms with Crippen LogP contribution >= 0.6 is 0 Å². The number of carbonyl (C=O) groups is 16. The van der Waals surface area contributed by atoms with Gasteiger partial charge in [0, 0.05) is 25.6 Å². The quantitative estimate of drug-likeness (QED) is 0.0334. The van der Waals surface area contributed by atoms with Crippen LogP contribution in [0.5, 0.6) is 0 Å². The van der Waals surface area contributed by atoms with Gasteiger partial charge in [-0.2, -0.15) is 0 Å². The zero-order valence-electron chi connectivity index (χ0n) is 54.0. The van der Waals surface area contributed by atoms with Crippen molar-refractivity contribution < 1.29 is 92.0 Å². The van der Waals surface area contributed by atoms with Gasteiger partial charge >= 0.3 is 17.9 Å². The predicted molar refractivity (Wildman–Crippen MR) is 330 cm³/mol. The highest BCUT2D eigenvalue weighted by molar-refractivity contribution is 6.01. The second kappa shape index (κ2) is 38.9. The van der Waals surface area contributed by atoms with E-state index in [9.17, 15) is 87.2 Å². The monoisotopic (exact) mass is 1320 g/mol. The molecule has 3 rings (SSSR count). The van der Waals surface area contributed by atoms with Crippen LogP contribution in [0.1, 0.15) is 158 Å². The first-order valence-corrected chi connectivity index (χ1v) is 31.7. The van der Waals surface area contributed by atoms with E-state index in [1.165, 1.54) is 25.2 Å². The molecule has 93 heavy (non-hydrogen) atoms. The van der Waals surface area contributed by atoms with E-state index in [1.54, 1.807) is 19.9 Å². The van der Waals surface area contributed by atoms with Crippen molar-refractivity contribution in [2.24, 2.45) is 29.2 Å². The highest BCUT2D eigenvalue weighted by Crippen LogP contribution is 2.24. The molecule has 3 aliphatic heterocycles. The number of primary amides is 1. The number of nitrogens with two attached hydrogens (primary N) is 2. The summed E-state index contributed by atoms with van der Waals surface area (Å²) in [7, 11) is 0. The second-order valence-corrected chi connectivity index (χ2v) is 24.4. The van der Waals surface area contributed by atoms with E-state index in [0.717, 1.165) is 50.3 Å². The number of unbranched alkanes of at least 4 members (excludes halogenated alkanes) is 5. The van der Waals surface area contributed by atoms with E-state index in [1.807, 2.05) is 16.7 Å². The topological polar surface area (TPSA) is 513 Å². The molecule has 17 N–H and O–H groups in total. The fourth-order valence-electron chi connectivity index (χ4n) is 10.7. The van der Waals surface area contributed by atoms with Crippen LogP contribution in [-0.2, 0) is 76.7 Å². The lowest BCUT2D eigenvalue weighted by Crippen LogP contribution is -2.66. The molecule has 3 heterocycles. The van der Waals surface area contributed by atoms with Crippen molar-refractivity contribution in [1.82, 2.24) is 63.0 Å². The molecular weight excluding hydrogens is 1220 g/mol. The Morgan fingerprint density at radius 1 is 0.613 bits per heavy atom. The molecule has 13 atom stereocenters. The Morgan fingerprint density at radius 3 is 1.71 bits per heavy atom. The van der Waals surface area contributed by atoms with E-state index in [-0.39, 0.29) is 51.6 Å². The number of carboxylic acids is 3. The fourth-order valence-corrected chi connectivity index (χ4v) is 10.7. The van der Waals surface area contributed by atoms with Crippen molar-refractivity contribution in [1.29, 1.82) is 0 Å². The van der Waals surface area contributed by atoms with Crippen LogP contribution in [0, 0.1) is 17.8 Å². The van der Waals surface area contributed by atoms with E-state index >= 15 is 4.79 Å². The number of carboxylic acid groups (broad SMARTS) is 3. The fraction of sp³-hybridized carbons (Fsp3) is 0.700. The maximum atomic E-state index is 15.3. The van der Waals surface area contributed by atoms with E-state index in [4.69, 9.17) is 11.5 Å². The highest BCUT2D eigenvalue weighted by Gasteiger charge is 2.45. The molecule has 33 heteroatoms. The molecule has 0 unspecified atom stereocenters. The Balaban J connectivity index is 2.14. The lowest BCUT2D eigenvalue weighted by Gasteiger charge is -2.39. The standard InChI is InChI=1S/C60H96N14O19/c1-8-32(4)20-15-13-11-9-10-12-14-16-23-42(76)66-36(26-41(62)75)53(85)72-50-35(7)65-54(86)40-22-19-25-74(40)58(90)47(31(2)3)70-57(89)49(34(6)61)69-44(78)30-64-51(83)37(27-45(79)80)67-43(77)29-63-52(84)38(28-46(81)82)68-56(88)48(33(5)60(92)93)71-55(87)39-21-17-18-24-73(39)59(50)91/h14,16,31-40,47-50H,8-13,15,17-30,61H2,1-7H3,(H2,62,75)(H,63,84)(H,64,83)(H,65,86)(H,66,76)(H,67,77)(H,68,88)(H,69,78)(H,70,89)(H,71,87)(H,72,85)(H,79,80)(H,81,82)(H,92,93)/b16-14-/t32-,33+,34-,35-,36+,37+,38+,39-,40+,47+,48-,49-,50+/m1/s1. The maximum absolute atomic E-state index is 15.3. The number of hydrogen-bond acceptors (Lipinski definition) is 17. The number of aliphatic carboxylic acids is 3. The molecule has 0 bridgehead atoms. The van der Waals surface area contributed by atoms with Crippen LogP contribution in [0.3, 0.4) is 0 Å². The average molecular weight is 1320 g/mol. The molecule has 3 saturated heterocycles. The van der Waals surface area contributed by atoms with Crippen molar-refractivity contribution in [2.45, 2.75) is 224 Å². The molecule has 520 valence electrons. The first-order chi connectivity index (χ1) is 43.8. The van der Waals surface area contributed by atoms with Crippen molar-refractivity contribution in [3.05, 3.63) is 12.2 Å². The van der Waals surface area contributed by atoms with E-state index in [2.05, 4.69) is 56.4 Å². The van der Waals surface area contributed by atoms with Crippen molar-refractivity contribution in [3.8, 4) is 0 Å². The van der Waals surface area contributed by atoms with Crippen LogP contribution in [0.25, 0.3) is 0 Å². The average Bonchev–Trinajstić information content (AvgIpc) is 1.81. The van der Waals surface area contributed by atoms with Crippen LogP contribution in [0.15, 0.2) is 12.2 Å². The summed E-state index contributed by atoms with van der Waals surface area (Å²) in [6.45, 7) is 8.86. The number of carbonyl (C=O) groups excluding carboxylic acids is 13. The number of rotatable bonds is 24. The predicted octanol–water partition coefficient (Wildman–Crippen LogP) is -3.23. The summed E-state index contributed by atoms with van der Waals surface area (Å²) in [6, 6.07) is -18.3. The minimum absolute atomic E-state index is 0.0284. The van der Waals surface area contributed by atoms with E-state index in [0.29, 0.717) is 12.3 Å². The molecule has 0 aromatic rings. The molecule has 0 aromatic carbocycles. The zero-order valence-corrected chi connectivity index (χ0v) is 54.0. The van der Waals surface area contributed by atoms with Gasteiger partial charge in [-0.05, 0) is 77.6 Å². The van der Waals surface area contributed by atoms with Crippen LogP contribution in [-0.4, -0.2) is 212 Å². The first-order valence-electron chi connectivity index (χ1n) is 31.7. The third kappa shape index (κ3) is 26.0. The number of fused-ring (bicyclic) bond motifs is 2. The SMILES string of the molecule is CC[C@@H](C)CCCCCCC/C=C\CC(=O)N[C@@H](CC(N)=O)C(=O)N[C@@H]1C(=O)N2CCCC[C@@H]2C(=O)N[C@H]([C@H](C)C(=O)O)C(=O)N[C@@H](CC(=O)O)C(=O)NCC(=O)N[C@@H](CC(=O)O)C(=O)NCC(=O)N[C@H]([C@@H](C)N)C(=O)N[C@@H](C(C)C)C(=O)N2CCC[C@H]2C(=O)N[C@@H]1C. The number of piperidine rings is 1. The van der Waals surface area contributed by atoms with Gasteiger partial charge in [0.1, 0.15) is 54.4 Å². The maximum Gasteiger partial charge on any atom is 0.308 e. The number of nitrogens with one attached hydrogen (secondary N) is 10. The molecule has 3 aliphatic rings. The summed E-state index contributed by atoms with van der Waals surface area (Å²) in [6.07, 6.45) is 8.90. The number of hydrogen-bond donors (Lipinski definition) is 15. The van der Waals surface area contributed by atoms with Gasteiger partial charge in [0.05, 0.1) is 44.3 Å². The molecule has 0 spiro atoms. The van der Waals surface area contributed by atoms with Gasteiger partial charge in [0.2, 0.25) is 76.8 Å². The molecule has 0 aromatic heterocycles. The lowest BCUT2D eigenvalue weighted by molar-refractivity contribution is -0.149. The summed E-state index contributed by atoms with van der Waals surface area (Å²) in [4.78, 5) is 219. The summed E-state index contributed by atoms with van der Waals surface area (Å²) in [5.41, 5.74) is 11.7. The molecule has 13 amide bonds. The molecule has 0 aliphatic carbocycles. The highest BCUT2D eigenvalue weighted by atomic mass is 16.4. The van der Waals surface area contributed by atoms with E-state index < -0.39 is 205 Å². The third-order valence-electron chi connectivity index (χ3n) is 16.4. The molecule has 33 nitrogen and oxygen atoms in total. The smallest absolute Gasteiger partial charge is 0.308 e. The number of amides is 13. The lowest BCUT2D eigenvalue weighted by atomic mass is 9.96. The second-order valence-electron chi connectivity index (χ2n) is 24.4. The Bertz CT molecular complexity index is 2740. The van der Waals surface area contributed by atoms with Gasteiger partial charge in [-0.3, -0.25) is 76.7 Å². The summed E-state index contributed by atoms with van der Waals surface area (Å²) >= 11 is 0. The van der Waals surface area contributed by atoms with Gasteiger partial charge in [0.25, 0.3) is 0 Å². The summed E-state index contributed by atoms with van der Waals surface area (Å²) < 4.78 is 0. The normalized spacial score (nSPS) is 25.3. The van der Waals surface area contributed by atoms with Crippen molar-refractivity contribution >= 4 is 94.7 Å². The van der Waals surface area contributed by atoms with Crippen molar-refractivity contribution in [3.63, 3.8) is 0 Å². The number of allylic oxidation sites excluding steroid dienone is 1. The third-order valence-corrected chi connectivity index (χ3v) is 16.4. The van der Waals surface area contributed by atoms with Gasteiger partial charge in [-0.15, -0.1) is 0 Å². The Labute approximate surface area is 539 Å². The first kappa shape index (κ1) is 78.5. The molecule has 3 fully saturated rings. The summed E-state index contributed by atoms with van der Waals surface area (Å²) in [5.74, 6) is -21.0. The Hall–Kier alpha value is -8.78. The van der Waals surface area contributed by atoms with Gasteiger partial charge in [0.15, 0.2) is 0 Å². The Morgan fingerprint density at radius 2 is 1.14 bits per heavy atom. The van der Waals surface area contributed by atoms with Crippen LogP contribution in [0.2, 0.25) is 0 Å². The zero-order chi connectivity index (χ0) is 69.8. The molecular formula is C60H96N14O19. The van der Waals surface area contributed by atoms with Crippen LogP contribution in [0.4, 0.5) is 0 Å². The minimum Gasteiger partial charge on any atom is -0.481 e. The molecule has 0 saturated carbocycles. The largest absolute Gasteiger partial charge is 0.481 e. The number of nitrogens with zero attached hydrogens (tertiary/aromatic N) is 2. The summed E-state index contributed by atoms with van der Waals surface area (Å²) in [5, 5.41) is 52.6. The van der Waals surface area contributed by atoms with Gasteiger partial charge in [-0.1, -0.05) is 78.4 Å². The Kier molecular flexibility index (Phi) is 32.8. The van der Waals surface area contributed by atoms with Gasteiger partial charge in [-0.25, -0.2) is 0 Å². The van der Waals surface area contributed by atoms with Crippen molar-refractivity contribution in [2.75, 3.05) is 26.2 Å².